The lowest BCUT2D eigenvalue weighted by molar-refractivity contribution is -0.137. The molecule has 160 valence electrons. The molecule has 0 aliphatic heterocycles. The lowest BCUT2D eigenvalue weighted by atomic mass is 10.1. The number of furan rings is 1. The number of allylic oxidation sites excluding steroid dienone is 1. The van der Waals surface area contributed by atoms with Gasteiger partial charge >= 0.3 is 6.18 Å². The molecular weight excluding hydrogens is 484 g/mol. The molecule has 0 fully saturated rings. The zero-order chi connectivity index (χ0) is 22.8. The van der Waals surface area contributed by atoms with Crippen LogP contribution in [0.1, 0.15) is 32.0 Å². The number of thiophene rings is 1. The predicted octanol–water partition coefficient (Wildman–Crippen LogP) is 7.95. The van der Waals surface area contributed by atoms with Gasteiger partial charge in [0, 0.05) is 28.1 Å². The maximum absolute atomic E-state index is 12.8. The van der Waals surface area contributed by atoms with Gasteiger partial charge in [0.2, 0.25) is 0 Å². The van der Waals surface area contributed by atoms with Crippen LogP contribution in [0.4, 0.5) is 13.2 Å². The first-order chi connectivity index (χ1) is 15.1. The van der Waals surface area contributed by atoms with Gasteiger partial charge < -0.3 is 4.42 Å². The third kappa shape index (κ3) is 3.46. The first-order valence-corrected chi connectivity index (χ1v) is 10.7. The summed E-state index contributed by atoms with van der Waals surface area (Å²) in [5, 5.41) is 0.365. The van der Waals surface area contributed by atoms with E-state index < -0.39 is 23.3 Å². The monoisotopic (exact) mass is 492 g/mol. The van der Waals surface area contributed by atoms with E-state index in [4.69, 9.17) is 27.6 Å². The van der Waals surface area contributed by atoms with E-state index in [0.717, 1.165) is 21.7 Å². The Morgan fingerprint density at radius 1 is 0.875 bits per heavy atom. The highest BCUT2D eigenvalue weighted by Gasteiger charge is 2.34. The molecule has 0 saturated heterocycles. The van der Waals surface area contributed by atoms with Crippen molar-refractivity contribution in [2.24, 2.45) is 0 Å². The number of carbonyl (C=O) groups is 2. The number of rotatable bonds is 2. The molecule has 5 rings (SSSR count). The number of hydrogen-bond acceptors (Lipinski definition) is 4. The Morgan fingerprint density at radius 2 is 1.47 bits per heavy atom. The van der Waals surface area contributed by atoms with E-state index in [2.05, 4.69) is 0 Å². The molecule has 0 saturated carbocycles. The highest BCUT2D eigenvalue weighted by molar-refractivity contribution is 7.22. The first-order valence-electron chi connectivity index (χ1n) is 9.13. The molecule has 4 aromatic rings. The van der Waals surface area contributed by atoms with Gasteiger partial charge in [0.1, 0.15) is 11.3 Å². The van der Waals surface area contributed by atoms with Crippen LogP contribution in [0.5, 0.6) is 0 Å². The molecule has 0 radical (unpaired) electrons. The van der Waals surface area contributed by atoms with Gasteiger partial charge in [-0.1, -0.05) is 35.3 Å². The summed E-state index contributed by atoms with van der Waals surface area (Å²) in [6.45, 7) is 0. The van der Waals surface area contributed by atoms with Gasteiger partial charge in [0.25, 0.3) is 0 Å². The molecule has 1 aliphatic carbocycles. The van der Waals surface area contributed by atoms with Crippen LogP contribution in [0, 0.1) is 0 Å². The Kier molecular flexibility index (Phi) is 4.81. The van der Waals surface area contributed by atoms with Crippen molar-refractivity contribution in [3.8, 4) is 10.4 Å². The molecule has 0 atom stereocenters. The van der Waals surface area contributed by atoms with Gasteiger partial charge in [-0.25, -0.2) is 0 Å². The van der Waals surface area contributed by atoms with Crippen LogP contribution in [0.3, 0.4) is 0 Å². The number of fused-ring (bicyclic) bond motifs is 2. The predicted molar refractivity (Wildman–Crippen MR) is 118 cm³/mol. The Balaban J connectivity index is 1.46. The van der Waals surface area contributed by atoms with Crippen molar-refractivity contribution in [1.82, 2.24) is 0 Å². The Labute approximate surface area is 192 Å². The summed E-state index contributed by atoms with van der Waals surface area (Å²) in [4.78, 5) is 26.0. The van der Waals surface area contributed by atoms with Crippen LogP contribution in [-0.2, 0) is 6.18 Å². The van der Waals surface area contributed by atoms with Crippen molar-refractivity contribution in [2.45, 2.75) is 6.18 Å². The van der Waals surface area contributed by atoms with Gasteiger partial charge in [-0.15, -0.1) is 11.3 Å². The van der Waals surface area contributed by atoms with Crippen LogP contribution < -0.4 is 0 Å². The summed E-state index contributed by atoms with van der Waals surface area (Å²) in [5.74, 6) is -0.616. The highest BCUT2D eigenvalue weighted by Crippen LogP contribution is 2.39. The second-order valence-electron chi connectivity index (χ2n) is 7.09. The standard InChI is InChI=1S/C23H9Cl2F3O3S/c24-16-7-13-14(8-17(16)25)22(30)15(21(13)29)5-12-6-20-18(31-12)9-19(32-20)10-1-3-11(4-2-10)23(26,27)28/h1-9H. The zero-order valence-electron chi connectivity index (χ0n) is 15.7. The molecule has 32 heavy (non-hydrogen) atoms. The van der Waals surface area contributed by atoms with Gasteiger partial charge in [-0.3, -0.25) is 9.59 Å². The van der Waals surface area contributed by atoms with Crippen LogP contribution in [0.2, 0.25) is 10.0 Å². The summed E-state index contributed by atoms with van der Waals surface area (Å²) < 4.78 is 44.7. The summed E-state index contributed by atoms with van der Waals surface area (Å²) in [6, 6.07) is 11.0. The van der Waals surface area contributed by atoms with Gasteiger partial charge in [-0.05, 0) is 35.9 Å². The zero-order valence-corrected chi connectivity index (χ0v) is 18.0. The second kappa shape index (κ2) is 7.33. The van der Waals surface area contributed by atoms with E-state index in [-0.39, 0.29) is 26.7 Å². The number of halogens is 5. The van der Waals surface area contributed by atoms with E-state index in [1.807, 2.05) is 0 Å². The van der Waals surface area contributed by atoms with Crippen molar-refractivity contribution in [3.05, 3.63) is 86.6 Å². The maximum atomic E-state index is 12.8. The maximum Gasteiger partial charge on any atom is 0.416 e. The largest absolute Gasteiger partial charge is 0.456 e. The molecule has 3 nitrogen and oxygen atoms in total. The Bertz CT molecular complexity index is 1390. The molecule has 0 unspecified atom stereocenters. The quantitative estimate of drug-likeness (QED) is 0.210. The Hall–Kier alpha value is -2.87. The molecule has 2 heterocycles. The minimum atomic E-state index is -4.39. The normalized spacial score (nSPS) is 13.8. The number of Topliss-reactive ketones (excluding diaryl/α,β-unsaturated/α-hetero) is 2. The average Bonchev–Trinajstić information content (AvgIpc) is 3.36. The number of ketones is 2. The van der Waals surface area contributed by atoms with E-state index in [1.165, 1.54) is 41.7 Å². The first kappa shape index (κ1) is 21.0. The average molecular weight is 493 g/mol. The van der Waals surface area contributed by atoms with Crippen molar-refractivity contribution in [1.29, 1.82) is 0 Å². The van der Waals surface area contributed by atoms with E-state index in [0.29, 0.717) is 16.9 Å². The molecule has 2 aromatic heterocycles. The van der Waals surface area contributed by atoms with Crippen molar-refractivity contribution in [3.63, 3.8) is 0 Å². The molecule has 1 aliphatic rings. The van der Waals surface area contributed by atoms with E-state index in [1.54, 1.807) is 12.1 Å². The molecule has 0 N–H and O–H groups in total. The lowest BCUT2D eigenvalue weighted by Gasteiger charge is -2.06. The molecule has 9 heteroatoms. The number of hydrogen-bond donors (Lipinski definition) is 0. The highest BCUT2D eigenvalue weighted by atomic mass is 35.5. The number of alkyl halides is 3. The molecule has 0 spiro atoms. The summed E-state index contributed by atoms with van der Waals surface area (Å²) in [5.41, 5.74) is 0.729. The molecular formula is C23H9Cl2F3O3S. The van der Waals surface area contributed by atoms with Gasteiger partial charge in [0.05, 0.1) is 25.9 Å². The minimum absolute atomic E-state index is 0.0531. The molecule has 0 bridgehead atoms. The number of benzene rings is 2. The van der Waals surface area contributed by atoms with Crippen molar-refractivity contribution in [2.75, 3.05) is 0 Å². The fourth-order valence-electron chi connectivity index (χ4n) is 3.48. The van der Waals surface area contributed by atoms with Gasteiger partial charge in [0.15, 0.2) is 11.6 Å². The minimum Gasteiger partial charge on any atom is -0.456 e. The van der Waals surface area contributed by atoms with Crippen molar-refractivity contribution >= 4 is 62.5 Å². The molecule has 0 amide bonds. The van der Waals surface area contributed by atoms with E-state index in [9.17, 15) is 22.8 Å². The fraction of sp³-hybridized carbons (Fsp3) is 0.0435. The van der Waals surface area contributed by atoms with Gasteiger partial charge in [-0.2, -0.15) is 13.2 Å². The SMILES string of the molecule is O=C1C(=Cc2cc3sc(-c4ccc(C(F)(F)F)cc4)cc3o2)C(=O)c2cc(Cl)c(Cl)cc21. The second-order valence-corrected chi connectivity index (χ2v) is 8.99. The van der Waals surface area contributed by atoms with Crippen molar-refractivity contribution < 1.29 is 27.2 Å². The summed E-state index contributed by atoms with van der Waals surface area (Å²) >= 11 is 13.2. The lowest BCUT2D eigenvalue weighted by Crippen LogP contribution is -2.03. The summed E-state index contributed by atoms with van der Waals surface area (Å²) in [6.07, 6.45) is -3.02. The van der Waals surface area contributed by atoms with Crippen LogP contribution in [0.15, 0.2) is 58.5 Å². The third-order valence-corrected chi connectivity index (χ3v) is 6.88. The van der Waals surface area contributed by atoms with Crippen LogP contribution in [0.25, 0.3) is 26.8 Å². The van der Waals surface area contributed by atoms with Crippen LogP contribution in [-0.4, -0.2) is 11.6 Å². The molecule has 2 aromatic carbocycles. The van der Waals surface area contributed by atoms with E-state index >= 15 is 0 Å². The number of carbonyl (C=O) groups excluding carboxylic acids is 2. The fourth-order valence-corrected chi connectivity index (χ4v) is 4.84. The summed E-state index contributed by atoms with van der Waals surface area (Å²) in [7, 11) is 0. The van der Waals surface area contributed by atoms with Crippen LogP contribution >= 0.6 is 34.5 Å². The Morgan fingerprint density at radius 3 is 2.00 bits per heavy atom. The third-order valence-electron chi connectivity index (χ3n) is 5.05. The topological polar surface area (TPSA) is 47.3 Å². The smallest absolute Gasteiger partial charge is 0.416 e.